The molecule has 2 aromatic rings. The highest BCUT2D eigenvalue weighted by Gasteiger charge is 1.99. The first kappa shape index (κ1) is 6.69. The normalized spacial score (nSPS) is 10.6. The van der Waals surface area contributed by atoms with Crippen molar-refractivity contribution in [2.24, 2.45) is 0 Å². The highest BCUT2D eigenvalue weighted by atomic mass is 32.2. The Labute approximate surface area is 67.7 Å². The number of H-pyrrole nitrogens is 1. The van der Waals surface area contributed by atoms with Crippen LogP contribution in [0, 0.1) is 0 Å². The van der Waals surface area contributed by atoms with Crippen LogP contribution < -0.4 is 0 Å². The smallest absolute Gasteiger partial charge is 0.193 e. The summed E-state index contributed by atoms with van der Waals surface area (Å²) in [5.74, 6) is 0. The Morgan fingerprint density at radius 3 is 2.91 bits per heavy atom. The lowest BCUT2D eigenvalue weighted by atomic mass is 10.3. The molecule has 1 aromatic carbocycles. The molecule has 11 heavy (non-hydrogen) atoms. The molecular weight excluding hydrogens is 160 g/mol. The lowest BCUT2D eigenvalue weighted by molar-refractivity contribution is 0.657. The number of nitrogens with one attached hydrogen (secondary N) is 1. The first-order valence-electron chi connectivity index (χ1n) is 3.16. The van der Waals surface area contributed by atoms with Gasteiger partial charge in [0, 0.05) is 0 Å². The first-order valence-corrected chi connectivity index (χ1v) is 3.93. The van der Waals surface area contributed by atoms with E-state index < -0.39 is 0 Å². The number of para-hydroxylation sites is 2. The van der Waals surface area contributed by atoms with Crippen LogP contribution in [-0.2, 0) is 0 Å². The van der Waals surface area contributed by atoms with Crippen molar-refractivity contribution < 1.29 is 4.55 Å². The molecule has 4 heteroatoms. The molecule has 0 aliphatic rings. The first-order chi connectivity index (χ1) is 5.40. The second-order valence-corrected chi connectivity index (χ2v) is 2.72. The van der Waals surface area contributed by atoms with Gasteiger partial charge in [-0.05, 0) is 12.1 Å². The Hall–Kier alpha value is -1.00. The van der Waals surface area contributed by atoms with E-state index in [4.69, 9.17) is 4.55 Å². The van der Waals surface area contributed by atoms with E-state index in [0.29, 0.717) is 17.2 Å². The van der Waals surface area contributed by atoms with E-state index in [9.17, 15) is 0 Å². The minimum atomic E-state index is 0.534. The van der Waals surface area contributed by atoms with Crippen molar-refractivity contribution in [1.82, 2.24) is 9.97 Å². The molecule has 0 saturated carbocycles. The van der Waals surface area contributed by atoms with Crippen molar-refractivity contribution in [3.63, 3.8) is 0 Å². The molecule has 0 radical (unpaired) electrons. The van der Waals surface area contributed by atoms with Crippen LogP contribution in [0.5, 0.6) is 0 Å². The molecule has 1 heterocycles. The Morgan fingerprint density at radius 2 is 2.18 bits per heavy atom. The van der Waals surface area contributed by atoms with Crippen molar-refractivity contribution in [2.45, 2.75) is 5.16 Å². The average Bonchev–Trinajstić information content (AvgIpc) is 2.46. The molecule has 0 amide bonds. The molecule has 0 spiro atoms. The van der Waals surface area contributed by atoms with Gasteiger partial charge in [-0.2, -0.15) is 0 Å². The maximum absolute atomic E-state index is 8.66. The minimum absolute atomic E-state index is 0.534. The third-order valence-corrected chi connectivity index (χ3v) is 1.82. The standard InChI is InChI=1S/C7H6N2OS/c10-11-7-8-5-3-1-2-4-6(5)9-7/h1-4,10H,(H,8,9). The Balaban J connectivity index is 2.69. The number of hydrogen-bond donors (Lipinski definition) is 2. The predicted octanol–water partition coefficient (Wildman–Crippen LogP) is 2.13. The molecule has 0 fully saturated rings. The van der Waals surface area contributed by atoms with Crippen LogP contribution in [0.15, 0.2) is 29.4 Å². The van der Waals surface area contributed by atoms with Gasteiger partial charge in [0.15, 0.2) is 5.16 Å². The van der Waals surface area contributed by atoms with Crippen molar-refractivity contribution in [2.75, 3.05) is 0 Å². The Bertz CT molecular complexity index is 338. The lowest BCUT2D eigenvalue weighted by Gasteiger charge is -1.81. The van der Waals surface area contributed by atoms with Crippen LogP contribution in [0.25, 0.3) is 11.0 Å². The third kappa shape index (κ3) is 1.10. The topological polar surface area (TPSA) is 48.9 Å². The molecule has 2 N–H and O–H groups in total. The van der Waals surface area contributed by atoms with Crippen LogP contribution in [0.4, 0.5) is 0 Å². The zero-order valence-electron chi connectivity index (χ0n) is 5.61. The summed E-state index contributed by atoms with van der Waals surface area (Å²) in [6.45, 7) is 0. The van der Waals surface area contributed by atoms with Crippen LogP contribution in [0.2, 0.25) is 0 Å². The molecule has 0 bridgehead atoms. The SMILES string of the molecule is OSc1nc2ccccc2[nH]1. The fourth-order valence-electron chi connectivity index (χ4n) is 0.973. The van der Waals surface area contributed by atoms with Gasteiger partial charge in [0.05, 0.1) is 23.1 Å². The minimum Gasteiger partial charge on any atom is -0.331 e. The van der Waals surface area contributed by atoms with Crippen LogP contribution >= 0.6 is 12.0 Å². The van der Waals surface area contributed by atoms with Gasteiger partial charge in [-0.15, -0.1) is 0 Å². The summed E-state index contributed by atoms with van der Waals surface area (Å²) < 4.78 is 8.66. The van der Waals surface area contributed by atoms with Gasteiger partial charge in [-0.25, -0.2) is 4.98 Å². The van der Waals surface area contributed by atoms with Gasteiger partial charge in [-0.3, -0.25) is 0 Å². The fraction of sp³-hybridized carbons (Fsp3) is 0. The summed E-state index contributed by atoms with van der Waals surface area (Å²) in [5.41, 5.74) is 1.83. The number of hydrogen-bond acceptors (Lipinski definition) is 3. The second kappa shape index (κ2) is 2.56. The van der Waals surface area contributed by atoms with Crippen molar-refractivity contribution in [3.8, 4) is 0 Å². The quantitative estimate of drug-likeness (QED) is 0.638. The predicted molar refractivity (Wildman–Crippen MR) is 44.6 cm³/mol. The molecule has 56 valence electrons. The average molecular weight is 166 g/mol. The number of fused-ring (bicyclic) bond motifs is 1. The highest BCUT2D eigenvalue weighted by molar-refractivity contribution is 7.93. The van der Waals surface area contributed by atoms with Gasteiger partial charge >= 0.3 is 0 Å². The van der Waals surface area contributed by atoms with Crippen molar-refractivity contribution in [3.05, 3.63) is 24.3 Å². The summed E-state index contributed by atoms with van der Waals surface area (Å²) in [6, 6.07) is 7.65. The molecule has 0 saturated heterocycles. The Kier molecular flexibility index (Phi) is 1.56. The maximum atomic E-state index is 8.66. The van der Waals surface area contributed by atoms with E-state index in [1.807, 2.05) is 24.3 Å². The molecule has 0 aliphatic heterocycles. The number of aromatic nitrogens is 2. The largest absolute Gasteiger partial charge is 0.331 e. The van der Waals surface area contributed by atoms with Gasteiger partial charge in [0.2, 0.25) is 0 Å². The molecular formula is C7H6N2OS. The van der Waals surface area contributed by atoms with Gasteiger partial charge in [-0.1, -0.05) is 12.1 Å². The number of rotatable bonds is 1. The van der Waals surface area contributed by atoms with Crippen molar-refractivity contribution in [1.29, 1.82) is 0 Å². The second-order valence-electron chi connectivity index (χ2n) is 2.15. The van der Waals surface area contributed by atoms with Gasteiger partial charge in [0.25, 0.3) is 0 Å². The molecule has 3 nitrogen and oxygen atoms in total. The molecule has 1 aromatic heterocycles. The fourth-order valence-corrected chi connectivity index (χ4v) is 1.27. The number of imidazole rings is 1. The van der Waals surface area contributed by atoms with E-state index in [0.717, 1.165) is 11.0 Å². The van der Waals surface area contributed by atoms with E-state index in [1.165, 1.54) is 0 Å². The number of nitrogens with zero attached hydrogens (tertiary/aromatic N) is 1. The van der Waals surface area contributed by atoms with Crippen LogP contribution in [0.3, 0.4) is 0 Å². The highest BCUT2D eigenvalue weighted by Crippen LogP contribution is 2.15. The maximum Gasteiger partial charge on any atom is 0.193 e. The van der Waals surface area contributed by atoms with E-state index in [2.05, 4.69) is 9.97 Å². The lowest BCUT2D eigenvalue weighted by Crippen LogP contribution is -1.68. The molecule has 2 rings (SSSR count). The molecule has 0 atom stereocenters. The molecule has 0 unspecified atom stereocenters. The number of aromatic amines is 1. The zero-order valence-corrected chi connectivity index (χ0v) is 6.43. The van der Waals surface area contributed by atoms with Crippen molar-refractivity contribution >= 4 is 23.1 Å². The van der Waals surface area contributed by atoms with E-state index in [-0.39, 0.29) is 0 Å². The molecule has 0 aliphatic carbocycles. The Morgan fingerprint density at radius 1 is 1.36 bits per heavy atom. The van der Waals surface area contributed by atoms with Gasteiger partial charge < -0.3 is 9.54 Å². The monoisotopic (exact) mass is 166 g/mol. The summed E-state index contributed by atoms with van der Waals surface area (Å²) in [4.78, 5) is 7.04. The summed E-state index contributed by atoms with van der Waals surface area (Å²) >= 11 is 0.628. The zero-order chi connectivity index (χ0) is 7.68. The van der Waals surface area contributed by atoms with Crippen LogP contribution in [-0.4, -0.2) is 14.5 Å². The van der Waals surface area contributed by atoms with Crippen LogP contribution in [0.1, 0.15) is 0 Å². The summed E-state index contributed by atoms with van der Waals surface area (Å²) in [7, 11) is 0. The summed E-state index contributed by atoms with van der Waals surface area (Å²) in [6.07, 6.45) is 0. The van der Waals surface area contributed by atoms with E-state index >= 15 is 0 Å². The third-order valence-electron chi connectivity index (χ3n) is 1.45. The number of benzene rings is 1. The van der Waals surface area contributed by atoms with E-state index in [1.54, 1.807) is 0 Å². The van der Waals surface area contributed by atoms with Gasteiger partial charge in [0.1, 0.15) is 0 Å². The summed E-state index contributed by atoms with van der Waals surface area (Å²) in [5, 5.41) is 0.534.